The average Bonchev–Trinajstić information content (AvgIpc) is 3.24. The van der Waals surface area contributed by atoms with Gasteiger partial charge >= 0.3 is 0 Å². The van der Waals surface area contributed by atoms with Crippen LogP contribution in [0, 0.1) is 0 Å². The van der Waals surface area contributed by atoms with E-state index >= 15 is 0 Å². The summed E-state index contributed by atoms with van der Waals surface area (Å²) in [6.45, 7) is 1.97. The zero-order chi connectivity index (χ0) is 21.1. The average molecular weight is 413 g/mol. The minimum absolute atomic E-state index is 0.0168. The van der Waals surface area contributed by atoms with Crippen molar-refractivity contribution in [3.8, 4) is 34.1 Å². The normalized spacial score (nSPS) is 18.2. The van der Waals surface area contributed by atoms with Gasteiger partial charge in [-0.15, -0.1) is 0 Å². The van der Waals surface area contributed by atoms with Gasteiger partial charge in [-0.3, -0.25) is 4.79 Å². The van der Waals surface area contributed by atoms with E-state index in [2.05, 4.69) is 0 Å². The molecule has 30 heavy (non-hydrogen) atoms. The van der Waals surface area contributed by atoms with E-state index in [0.29, 0.717) is 49.3 Å². The van der Waals surface area contributed by atoms with Crippen LogP contribution in [0.2, 0.25) is 0 Å². The van der Waals surface area contributed by atoms with Crippen LogP contribution in [0.5, 0.6) is 23.0 Å². The van der Waals surface area contributed by atoms with Crippen LogP contribution in [0.4, 0.5) is 0 Å². The van der Waals surface area contributed by atoms with Crippen LogP contribution in [0.15, 0.2) is 30.3 Å². The lowest BCUT2D eigenvalue weighted by atomic mass is 9.99. The van der Waals surface area contributed by atoms with E-state index in [1.165, 1.54) is 0 Å². The number of hydrogen-bond donors (Lipinski definition) is 0. The van der Waals surface area contributed by atoms with Gasteiger partial charge in [0.25, 0.3) is 5.91 Å². The van der Waals surface area contributed by atoms with Gasteiger partial charge in [0.2, 0.25) is 0 Å². The second kappa shape index (κ2) is 8.83. The van der Waals surface area contributed by atoms with Crippen molar-refractivity contribution < 1.29 is 28.5 Å². The minimum Gasteiger partial charge on any atom is -0.496 e. The van der Waals surface area contributed by atoms with E-state index in [1.807, 2.05) is 35.2 Å². The topological polar surface area (TPSA) is 66.5 Å². The molecular weight excluding hydrogens is 386 g/mol. The summed E-state index contributed by atoms with van der Waals surface area (Å²) < 4.78 is 28.4. The zero-order valence-corrected chi connectivity index (χ0v) is 17.6. The van der Waals surface area contributed by atoms with E-state index < -0.39 is 0 Å². The number of ether oxygens (including phenoxy) is 5. The van der Waals surface area contributed by atoms with Crippen LogP contribution in [-0.2, 0) is 16.1 Å². The Labute approximate surface area is 176 Å². The Bertz CT molecular complexity index is 900. The number of benzene rings is 2. The van der Waals surface area contributed by atoms with Crippen LogP contribution in [0.3, 0.4) is 0 Å². The zero-order valence-electron chi connectivity index (χ0n) is 17.6. The summed E-state index contributed by atoms with van der Waals surface area (Å²) in [5.74, 6) is 2.68. The molecule has 0 aliphatic carbocycles. The van der Waals surface area contributed by atoms with E-state index in [1.54, 1.807) is 21.3 Å². The molecule has 0 bridgehead atoms. The molecule has 1 atom stereocenters. The van der Waals surface area contributed by atoms with Crippen LogP contribution < -0.4 is 18.9 Å². The highest BCUT2D eigenvalue weighted by atomic mass is 16.5. The number of hydrogen-bond acceptors (Lipinski definition) is 6. The van der Waals surface area contributed by atoms with Crippen molar-refractivity contribution in [1.29, 1.82) is 0 Å². The van der Waals surface area contributed by atoms with Gasteiger partial charge in [-0.05, 0) is 42.7 Å². The third-order valence-corrected chi connectivity index (χ3v) is 5.55. The van der Waals surface area contributed by atoms with E-state index in [9.17, 15) is 4.79 Å². The Balaban J connectivity index is 1.76. The molecule has 4 rings (SSSR count). The molecule has 2 aromatic carbocycles. The van der Waals surface area contributed by atoms with Crippen molar-refractivity contribution in [2.45, 2.75) is 25.5 Å². The van der Waals surface area contributed by atoms with Crippen LogP contribution in [-0.4, -0.2) is 58.0 Å². The maximum absolute atomic E-state index is 12.9. The Kier molecular flexibility index (Phi) is 5.99. The molecule has 0 aromatic heterocycles. The number of amides is 1. The molecule has 7 nitrogen and oxygen atoms in total. The molecule has 0 spiro atoms. The Hall–Kier alpha value is -2.93. The Morgan fingerprint density at radius 1 is 1.03 bits per heavy atom. The van der Waals surface area contributed by atoms with Gasteiger partial charge in [-0.2, -0.15) is 0 Å². The summed E-state index contributed by atoms with van der Waals surface area (Å²) in [6.07, 6.45) is 1.33. The van der Waals surface area contributed by atoms with Gasteiger partial charge in [-0.25, -0.2) is 0 Å². The summed E-state index contributed by atoms with van der Waals surface area (Å²) in [5.41, 5.74) is 2.57. The van der Waals surface area contributed by atoms with Gasteiger partial charge in [0.05, 0.1) is 33.4 Å². The molecule has 160 valence electrons. The first kappa shape index (κ1) is 20.3. The van der Waals surface area contributed by atoms with Crippen LogP contribution in [0.1, 0.15) is 18.4 Å². The minimum atomic E-state index is -0.356. The van der Waals surface area contributed by atoms with Crippen molar-refractivity contribution in [3.63, 3.8) is 0 Å². The monoisotopic (exact) mass is 413 g/mol. The van der Waals surface area contributed by atoms with E-state index in [0.717, 1.165) is 29.5 Å². The molecule has 7 heteroatoms. The first-order valence-electron chi connectivity index (χ1n) is 10.1. The molecule has 2 aromatic rings. The molecule has 2 aliphatic heterocycles. The number of rotatable bonds is 5. The molecule has 1 saturated heterocycles. The third-order valence-electron chi connectivity index (χ3n) is 5.55. The summed E-state index contributed by atoms with van der Waals surface area (Å²) in [6, 6.07) is 9.59. The number of nitrogens with zero attached hydrogens (tertiary/aromatic N) is 1. The summed E-state index contributed by atoms with van der Waals surface area (Å²) in [4.78, 5) is 14.8. The smallest absolute Gasteiger partial charge is 0.252 e. The van der Waals surface area contributed by atoms with Crippen molar-refractivity contribution in [3.05, 3.63) is 35.9 Å². The van der Waals surface area contributed by atoms with Gasteiger partial charge in [0.15, 0.2) is 11.5 Å². The standard InChI is InChI=1S/C23H27NO6/c1-26-17-6-4-7-18(27-2)21(17)15-12-16-14-24(23(25)19-8-5-10-29-19)9-11-30-22(16)20(13-15)28-3/h4,6-7,12-13,19H,5,8-11,14H2,1-3H3. The number of fused-ring (bicyclic) bond motifs is 1. The summed E-state index contributed by atoms with van der Waals surface area (Å²) in [5, 5.41) is 0. The predicted molar refractivity (Wildman–Crippen MR) is 111 cm³/mol. The van der Waals surface area contributed by atoms with Gasteiger partial charge < -0.3 is 28.6 Å². The second-order valence-corrected chi connectivity index (χ2v) is 7.31. The number of methoxy groups -OCH3 is 3. The molecule has 2 aliphatic rings. The molecule has 1 fully saturated rings. The van der Waals surface area contributed by atoms with Crippen molar-refractivity contribution >= 4 is 5.91 Å². The number of carbonyl (C=O) groups excluding carboxylic acids is 1. The largest absolute Gasteiger partial charge is 0.496 e. The van der Waals surface area contributed by atoms with Crippen molar-refractivity contribution in [2.75, 3.05) is 41.1 Å². The maximum Gasteiger partial charge on any atom is 0.252 e. The summed E-state index contributed by atoms with van der Waals surface area (Å²) >= 11 is 0. The van der Waals surface area contributed by atoms with Gasteiger partial charge in [0.1, 0.15) is 24.2 Å². The molecule has 0 radical (unpaired) electrons. The van der Waals surface area contributed by atoms with Crippen molar-refractivity contribution in [1.82, 2.24) is 4.90 Å². The Morgan fingerprint density at radius 3 is 2.40 bits per heavy atom. The van der Waals surface area contributed by atoms with Gasteiger partial charge in [0, 0.05) is 18.7 Å². The van der Waals surface area contributed by atoms with E-state index in [4.69, 9.17) is 23.7 Å². The highest BCUT2D eigenvalue weighted by Gasteiger charge is 2.31. The van der Waals surface area contributed by atoms with Crippen LogP contribution in [0.25, 0.3) is 11.1 Å². The fourth-order valence-electron chi connectivity index (χ4n) is 4.08. The molecule has 1 amide bonds. The first-order valence-corrected chi connectivity index (χ1v) is 10.1. The highest BCUT2D eigenvalue weighted by Crippen LogP contribution is 2.44. The lowest BCUT2D eigenvalue weighted by molar-refractivity contribution is -0.141. The fraction of sp³-hybridized carbons (Fsp3) is 0.435. The predicted octanol–water partition coefficient (Wildman–Crippen LogP) is 3.28. The third kappa shape index (κ3) is 3.77. The van der Waals surface area contributed by atoms with E-state index in [-0.39, 0.29) is 12.0 Å². The second-order valence-electron chi connectivity index (χ2n) is 7.31. The van der Waals surface area contributed by atoms with Gasteiger partial charge in [-0.1, -0.05) is 6.07 Å². The lowest BCUT2D eigenvalue weighted by Crippen LogP contribution is -2.39. The molecule has 0 N–H and O–H groups in total. The molecule has 2 heterocycles. The highest BCUT2D eigenvalue weighted by molar-refractivity contribution is 5.82. The quantitative estimate of drug-likeness (QED) is 0.750. The van der Waals surface area contributed by atoms with Crippen molar-refractivity contribution in [2.24, 2.45) is 0 Å². The first-order chi connectivity index (χ1) is 14.7. The molecule has 0 saturated carbocycles. The summed E-state index contributed by atoms with van der Waals surface area (Å²) in [7, 11) is 4.87. The lowest BCUT2D eigenvalue weighted by Gasteiger charge is -2.23. The Morgan fingerprint density at radius 2 is 1.77 bits per heavy atom. The SMILES string of the molecule is COc1cc(-c2c(OC)cccc2OC)cc2c1OCCN(C(=O)C1CCCO1)C2. The molecular formula is C23H27NO6. The number of carbonyl (C=O) groups is 1. The maximum atomic E-state index is 12.9. The van der Waals surface area contributed by atoms with Crippen LogP contribution >= 0.6 is 0 Å². The fourth-order valence-corrected chi connectivity index (χ4v) is 4.08. The molecule has 1 unspecified atom stereocenters.